The number of thioether (sulfide) groups is 1. The van der Waals surface area contributed by atoms with Gasteiger partial charge in [0.15, 0.2) is 0 Å². The number of hydrogen-bond donors (Lipinski definition) is 0. The fourth-order valence-corrected chi connectivity index (χ4v) is 2.49. The first-order chi connectivity index (χ1) is 7.54. The summed E-state index contributed by atoms with van der Waals surface area (Å²) in [5.74, 6) is 0.548. The molecule has 0 N–H and O–H groups in total. The van der Waals surface area contributed by atoms with Gasteiger partial charge >= 0.3 is 0 Å². The van der Waals surface area contributed by atoms with Crippen molar-refractivity contribution >= 4 is 11.8 Å². The van der Waals surface area contributed by atoms with Crippen LogP contribution in [0.5, 0.6) is 0 Å². The minimum atomic E-state index is -0.438. The summed E-state index contributed by atoms with van der Waals surface area (Å²) in [6.45, 7) is 5.98. The molecule has 16 heavy (non-hydrogen) atoms. The summed E-state index contributed by atoms with van der Waals surface area (Å²) in [5.41, 5.74) is 2.49. The first-order valence-corrected chi connectivity index (χ1v) is 6.36. The minimum absolute atomic E-state index is 0.186. The maximum atomic E-state index is 10.7. The van der Waals surface area contributed by atoms with E-state index in [9.17, 15) is 10.1 Å². The topological polar surface area (TPSA) is 43.1 Å². The lowest BCUT2D eigenvalue weighted by Gasteiger charge is -2.08. The summed E-state index contributed by atoms with van der Waals surface area (Å²) < 4.78 is 0. The third-order valence-electron chi connectivity index (χ3n) is 2.69. The maximum Gasteiger partial charge on any atom is 0.222 e. The van der Waals surface area contributed by atoms with Crippen LogP contribution >= 0.6 is 11.8 Å². The quantitative estimate of drug-likeness (QED) is 0.449. The van der Waals surface area contributed by atoms with E-state index in [4.69, 9.17) is 0 Å². The zero-order chi connectivity index (χ0) is 12.1. The Morgan fingerprint density at radius 1 is 1.38 bits per heavy atom. The van der Waals surface area contributed by atoms with Crippen LogP contribution in [0.3, 0.4) is 0 Å². The van der Waals surface area contributed by atoms with Crippen molar-refractivity contribution in [1.29, 1.82) is 0 Å². The van der Waals surface area contributed by atoms with Crippen LogP contribution in [0.2, 0.25) is 0 Å². The first kappa shape index (κ1) is 13.0. The van der Waals surface area contributed by atoms with Crippen molar-refractivity contribution in [1.82, 2.24) is 0 Å². The van der Waals surface area contributed by atoms with Crippen molar-refractivity contribution in [2.45, 2.75) is 38.1 Å². The molecule has 0 heterocycles. The normalized spacial score (nSPS) is 12.4. The standard InChI is InChI=1S/C12H17NO2S/c1-4-11(13(14)15)8-16-12-6-5-9(2)10(3)7-12/h5-7,11H,4,8H2,1-3H3. The van der Waals surface area contributed by atoms with Gasteiger partial charge in [0.25, 0.3) is 0 Å². The van der Waals surface area contributed by atoms with E-state index in [0.29, 0.717) is 12.2 Å². The van der Waals surface area contributed by atoms with Crippen LogP contribution in [0.15, 0.2) is 23.1 Å². The monoisotopic (exact) mass is 239 g/mol. The Labute approximate surface area is 100 Å². The number of aryl methyl sites for hydroxylation is 2. The van der Waals surface area contributed by atoms with E-state index in [1.807, 2.05) is 13.0 Å². The number of nitrogens with zero attached hydrogens (tertiary/aromatic N) is 1. The zero-order valence-electron chi connectivity index (χ0n) is 9.90. The number of nitro groups is 1. The van der Waals surface area contributed by atoms with Gasteiger partial charge < -0.3 is 0 Å². The van der Waals surface area contributed by atoms with E-state index in [2.05, 4.69) is 26.0 Å². The Balaban J connectivity index is 2.60. The first-order valence-electron chi connectivity index (χ1n) is 5.38. The molecule has 88 valence electrons. The van der Waals surface area contributed by atoms with Crippen LogP contribution in [0.1, 0.15) is 24.5 Å². The lowest BCUT2D eigenvalue weighted by Crippen LogP contribution is -2.20. The summed E-state index contributed by atoms with van der Waals surface area (Å²) >= 11 is 1.56. The van der Waals surface area contributed by atoms with Gasteiger partial charge in [-0.15, -0.1) is 11.8 Å². The van der Waals surface area contributed by atoms with Gasteiger partial charge in [0.05, 0.1) is 5.75 Å². The molecule has 0 aliphatic rings. The third kappa shape index (κ3) is 3.52. The van der Waals surface area contributed by atoms with Crippen LogP contribution in [-0.2, 0) is 0 Å². The maximum absolute atomic E-state index is 10.7. The van der Waals surface area contributed by atoms with Crippen molar-refractivity contribution in [3.05, 3.63) is 39.4 Å². The van der Waals surface area contributed by atoms with Gasteiger partial charge in [-0.1, -0.05) is 13.0 Å². The molecular weight excluding hydrogens is 222 g/mol. The van der Waals surface area contributed by atoms with Gasteiger partial charge in [-0.2, -0.15) is 0 Å². The molecule has 1 atom stereocenters. The predicted molar refractivity (Wildman–Crippen MR) is 67.7 cm³/mol. The summed E-state index contributed by atoms with van der Waals surface area (Å²) in [4.78, 5) is 11.6. The zero-order valence-corrected chi connectivity index (χ0v) is 10.7. The average Bonchev–Trinajstić information content (AvgIpc) is 2.23. The summed E-state index contributed by atoms with van der Waals surface area (Å²) in [7, 11) is 0. The van der Waals surface area contributed by atoms with E-state index < -0.39 is 6.04 Å². The fourth-order valence-electron chi connectivity index (χ4n) is 1.32. The third-order valence-corrected chi connectivity index (χ3v) is 3.83. The second kappa shape index (κ2) is 5.89. The summed E-state index contributed by atoms with van der Waals surface area (Å²) in [6.07, 6.45) is 0.588. The van der Waals surface area contributed by atoms with Crippen LogP contribution in [0.4, 0.5) is 0 Å². The molecule has 0 amide bonds. The van der Waals surface area contributed by atoms with Gasteiger partial charge in [0, 0.05) is 16.2 Å². The molecule has 1 rings (SSSR count). The number of benzene rings is 1. The van der Waals surface area contributed by atoms with Crippen molar-refractivity contribution < 1.29 is 4.92 Å². The second-order valence-electron chi connectivity index (χ2n) is 3.90. The SMILES string of the molecule is CCC(CSc1ccc(C)c(C)c1)[N+](=O)[O-]. The van der Waals surface area contributed by atoms with Crippen molar-refractivity contribution in [3.63, 3.8) is 0 Å². The highest BCUT2D eigenvalue weighted by Crippen LogP contribution is 2.22. The lowest BCUT2D eigenvalue weighted by atomic mass is 10.1. The van der Waals surface area contributed by atoms with Gasteiger partial charge in [0.1, 0.15) is 0 Å². The van der Waals surface area contributed by atoms with Gasteiger partial charge in [-0.25, -0.2) is 0 Å². The molecule has 3 nitrogen and oxygen atoms in total. The fraction of sp³-hybridized carbons (Fsp3) is 0.500. The molecule has 1 aromatic rings. The number of rotatable bonds is 5. The lowest BCUT2D eigenvalue weighted by molar-refractivity contribution is -0.516. The van der Waals surface area contributed by atoms with Crippen LogP contribution in [0.25, 0.3) is 0 Å². The van der Waals surface area contributed by atoms with Crippen molar-refractivity contribution in [3.8, 4) is 0 Å². The molecule has 0 radical (unpaired) electrons. The average molecular weight is 239 g/mol. The molecule has 4 heteroatoms. The van der Waals surface area contributed by atoms with Gasteiger partial charge in [-0.3, -0.25) is 10.1 Å². The summed E-state index contributed by atoms with van der Waals surface area (Å²) in [6, 6.07) is 5.74. The molecule has 0 aliphatic heterocycles. The Morgan fingerprint density at radius 2 is 2.06 bits per heavy atom. The smallest absolute Gasteiger partial charge is 0.222 e. The Hall–Kier alpha value is -1.03. The second-order valence-corrected chi connectivity index (χ2v) is 5.00. The van der Waals surface area contributed by atoms with Crippen LogP contribution in [-0.4, -0.2) is 16.7 Å². The molecule has 0 spiro atoms. The van der Waals surface area contributed by atoms with Crippen molar-refractivity contribution in [2.24, 2.45) is 0 Å². The highest BCUT2D eigenvalue weighted by Gasteiger charge is 2.17. The predicted octanol–water partition coefficient (Wildman–Crippen LogP) is 3.45. The molecule has 1 aromatic carbocycles. The Kier molecular flexibility index (Phi) is 4.80. The summed E-state index contributed by atoms with van der Waals surface area (Å²) in [5, 5.41) is 10.7. The van der Waals surface area contributed by atoms with Gasteiger partial charge in [-0.05, 0) is 37.1 Å². The molecular formula is C12H17NO2S. The Bertz CT molecular complexity index is 379. The molecule has 0 saturated carbocycles. The highest BCUT2D eigenvalue weighted by atomic mass is 32.2. The van der Waals surface area contributed by atoms with E-state index >= 15 is 0 Å². The molecule has 0 aliphatic carbocycles. The molecule has 0 bridgehead atoms. The highest BCUT2D eigenvalue weighted by molar-refractivity contribution is 7.99. The van der Waals surface area contributed by atoms with Crippen molar-refractivity contribution in [2.75, 3.05) is 5.75 Å². The molecule has 1 unspecified atom stereocenters. The molecule has 0 fully saturated rings. The van der Waals surface area contributed by atoms with E-state index in [1.165, 1.54) is 11.1 Å². The van der Waals surface area contributed by atoms with Gasteiger partial charge in [0.2, 0.25) is 6.04 Å². The van der Waals surface area contributed by atoms with E-state index in [1.54, 1.807) is 11.8 Å². The largest absolute Gasteiger partial charge is 0.264 e. The minimum Gasteiger partial charge on any atom is -0.264 e. The number of hydrogen-bond acceptors (Lipinski definition) is 3. The molecule has 0 aromatic heterocycles. The van der Waals surface area contributed by atoms with Crippen LogP contribution in [0, 0.1) is 24.0 Å². The molecule has 0 saturated heterocycles. The Morgan fingerprint density at radius 3 is 2.56 bits per heavy atom. The van der Waals surface area contributed by atoms with E-state index in [0.717, 1.165) is 4.90 Å². The van der Waals surface area contributed by atoms with E-state index in [-0.39, 0.29) is 4.92 Å². The van der Waals surface area contributed by atoms with Crippen LogP contribution < -0.4 is 0 Å².